The van der Waals surface area contributed by atoms with Crippen LogP contribution in [-0.4, -0.2) is 27.6 Å². The van der Waals surface area contributed by atoms with Gasteiger partial charge in [-0.15, -0.1) is 5.10 Å². The molecule has 0 saturated heterocycles. The third-order valence-electron chi connectivity index (χ3n) is 3.44. The van der Waals surface area contributed by atoms with Gasteiger partial charge in [-0.3, -0.25) is 4.68 Å². The molecule has 1 aliphatic rings. The summed E-state index contributed by atoms with van der Waals surface area (Å²) in [6.07, 6.45) is 8.59. The third kappa shape index (κ3) is 3.04. The fourth-order valence-electron chi connectivity index (χ4n) is 2.40. The maximum absolute atomic E-state index is 4.16. The van der Waals surface area contributed by atoms with Crippen molar-refractivity contribution in [3.05, 3.63) is 11.9 Å². The zero-order valence-electron chi connectivity index (χ0n) is 10.3. The van der Waals surface area contributed by atoms with Crippen molar-refractivity contribution in [1.82, 2.24) is 20.3 Å². The molecule has 0 aromatic carbocycles. The van der Waals surface area contributed by atoms with Gasteiger partial charge in [0.05, 0.1) is 5.69 Å². The Balaban J connectivity index is 1.85. The average Bonchev–Trinajstić information content (AvgIpc) is 2.58. The van der Waals surface area contributed by atoms with Crippen LogP contribution in [-0.2, 0) is 13.5 Å². The first kappa shape index (κ1) is 11.6. The molecule has 0 aliphatic heterocycles. The fourth-order valence-corrected chi connectivity index (χ4v) is 2.40. The van der Waals surface area contributed by atoms with Crippen molar-refractivity contribution in [2.45, 2.75) is 45.1 Å². The van der Waals surface area contributed by atoms with Gasteiger partial charge >= 0.3 is 0 Å². The predicted octanol–water partition coefficient (Wildman–Crippen LogP) is 1.53. The molecule has 1 saturated carbocycles. The van der Waals surface area contributed by atoms with Crippen LogP contribution in [0.4, 0.5) is 0 Å². The number of hydrogen-bond acceptors (Lipinski definition) is 3. The van der Waals surface area contributed by atoms with E-state index in [0.29, 0.717) is 6.04 Å². The van der Waals surface area contributed by atoms with Crippen LogP contribution in [0.25, 0.3) is 0 Å². The highest BCUT2D eigenvalue weighted by molar-refractivity contribution is 4.96. The normalized spacial score (nSPS) is 18.4. The summed E-state index contributed by atoms with van der Waals surface area (Å²) in [5.41, 5.74) is 1.10. The highest BCUT2D eigenvalue weighted by Crippen LogP contribution is 2.30. The van der Waals surface area contributed by atoms with Crippen molar-refractivity contribution in [2.24, 2.45) is 13.0 Å². The molecule has 0 bridgehead atoms. The van der Waals surface area contributed by atoms with Crippen molar-refractivity contribution in [1.29, 1.82) is 0 Å². The summed E-state index contributed by atoms with van der Waals surface area (Å²) in [4.78, 5) is 0. The zero-order valence-corrected chi connectivity index (χ0v) is 10.3. The van der Waals surface area contributed by atoms with Gasteiger partial charge in [0.2, 0.25) is 0 Å². The van der Waals surface area contributed by atoms with Gasteiger partial charge in [0, 0.05) is 25.7 Å². The maximum Gasteiger partial charge on any atom is 0.0842 e. The largest absolute Gasteiger partial charge is 0.314 e. The van der Waals surface area contributed by atoms with Crippen molar-refractivity contribution in [2.75, 3.05) is 6.54 Å². The van der Waals surface area contributed by atoms with Gasteiger partial charge in [0.25, 0.3) is 0 Å². The van der Waals surface area contributed by atoms with Crippen molar-refractivity contribution in [3.63, 3.8) is 0 Å². The van der Waals surface area contributed by atoms with Gasteiger partial charge in [-0.25, -0.2) is 0 Å². The molecule has 1 aromatic rings. The summed E-state index contributed by atoms with van der Waals surface area (Å²) in [6, 6.07) is 0.576. The SMILES string of the molecule is CCNC(Cc1cn(C)nn1)CC1CCC1. The third-order valence-corrected chi connectivity index (χ3v) is 3.44. The van der Waals surface area contributed by atoms with Crippen LogP contribution in [0.3, 0.4) is 0 Å². The summed E-state index contributed by atoms with van der Waals surface area (Å²) >= 11 is 0. The summed E-state index contributed by atoms with van der Waals surface area (Å²) in [6.45, 7) is 3.21. The Morgan fingerprint density at radius 1 is 1.56 bits per heavy atom. The number of aromatic nitrogens is 3. The number of hydrogen-bond donors (Lipinski definition) is 1. The Morgan fingerprint density at radius 2 is 2.38 bits per heavy atom. The molecule has 0 radical (unpaired) electrons. The van der Waals surface area contributed by atoms with Gasteiger partial charge < -0.3 is 5.32 Å². The maximum atomic E-state index is 4.16. The molecule has 90 valence electrons. The van der Waals surface area contributed by atoms with E-state index in [1.54, 1.807) is 4.68 Å². The second kappa shape index (κ2) is 5.43. The van der Waals surface area contributed by atoms with Crippen LogP contribution >= 0.6 is 0 Å². The van der Waals surface area contributed by atoms with Gasteiger partial charge in [-0.1, -0.05) is 31.4 Å². The molecule has 4 nitrogen and oxygen atoms in total. The van der Waals surface area contributed by atoms with E-state index < -0.39 is 0 Å². The Bertz CT molecular complexity index is 317. The lowest BCUT2D eigenvalue weighted by Gasteiger charge is -2.29. The zero-order chi connectivity index (χ0) is 11.4. The summed E-state index contributed by atoms with van der Waals surface area (Å²) in [7, 11) is 1.92. The molecular formula is C12H22N4. The molecule has 0 spiro atoms. The second-order valence-corrected chi connectivity index (χ2v) is 4.87. The van der Waals surface area contributed by atoms with Crippen LogP contribution in [0.5, 0.6) is 0 Å². The Kier molecular flexibility index (Phi) is 3.93. The molecule has 1 aromatic heterocycles. The number of likely N-dealkylation sites (N-methyl/N-ethyl adjacent to an activating group) is 1. The van der Waals surface area contributed by atoms with E-state index in [1.165, 1.54) is 25.7 Å². The highest BCUT2D eigenvalue weighted by atomic mass is 15.4. The van der Waals surface area contributed by atoms with E-state index in [4.69, 9.17) is 0 Å². The number of aryl methyl sites for hydroxylation is 1. The Morgan fingerprint density at radius 3 is 2.88 bits per heavy atom. The minimum Gasteiger partial charge on any atom is -0.314 e. The highest BCUT2D eigenvalue weighted by Gasteiger charge is 2.22. The number of nitrogens with one attached hydrogen (secondary N) is 1. The van der Waals surface area contributed by atoms with E-state index >= 15 is 0 Å². The van der Waals surface area contributed by atoms with E-state index in [9.17, 15) is 0 Å². The molecule has 0 amide bonds. The standard InChI is InChI=1S/C12H22N4/c1-3-13-11(7-10-5-4-6-10)8-12-9-16(2)15-14-12/h9-11,13H,3-8H2,1-2H3. The van der Waals surface area contributed by atoms with Crippen molar-refractivity contribution < 1.29 is 0 Å². The van der Waals surface area contributed by atoms with Crippen molar-refractivity contribution >= 4 is 0 Å². The van der Waals surface area contributed by atoms with E-state index in [2.05, 4.69) is 22.6 Å². The molecule has 1 N–H and O–H groups in total. The van der Waals surface area contributed by atoms with Crippen molar-refractivity contribution in [3.8, 4) is 0 Å². The van der Waals surface area contributed by atoms with Gasteiger partial charge in [-0.05, 0) is 18.9 Å². The first-order chi connectivity index (χ1) is 7.78. The quantitative estimate of drug-likeness (QED) is 0.793. The summed E-state index contributed by atoms with van der Waals surface area (Å²) in [5, 5.41) is 11.7. The summed E-state index contributed by atoms with van der Waals surface area (Å²) in [5.74, 6) is 0.945. The first-order valence-corrected chi connectivity index (χ1v) is 6.36. The smallest absolute Gasteiger partial charge is 0.0842 e. The second-order valence-electron chi connectivity index (χ2n) is 4.87. The summed E-state index contributed by atoms with van der Waals surface area (Å²) < 4.78 is 1.78. The lowest BCUT2D eigenvalue weighted by Crippen LogP contribution is -2.34. The minimum atomic E-state index is 0.576. The lowest BCUT2D eigenvalue weighted by atomic mass is 9.80. The minimum absolute atomic E-state index is 0.576. The molecule has 1 unspecified atom stereocenters. The molecule has 1 atom stereocenters. The van der Waals surface area contributed by atoms with Gasteiger partial charge in [0.15, 0.2) is 0 Å². The Hall–Kier alpha value is -0.900. The molecule has 1 aliphatic carbocycles. The molecule has 1 heterocycles. The molecule has 2 rings (SSSR count). The Labute approximate surface area is 97.4 Å². The first-order valence-electron chi connectivity index (χ1n) is 6.36. The van der Waals surface area contributed by atoms with E-state index in [-0.39, 0.29) is 0 Å². The van der Waals surface area contributed by atoms with Crippen LogP contribution in [0, 0.1) is 5.92 Å². The van der Waals surface area contributed by atoms with Crippen LogP contribution < -0.4 is 5.32 Å². The van der Waals surface area contributed by atoms with E-state index in [0.717, 1.165) is 24.6 Å². The van der Waals surface area contributed by atoms with Crippen LogP contribution in [0.1, 0.15) is 38.3 Å². The number of nitrogens with zero attached hydrogens (tertiary/aromatic N) is 3. The molecule has 1 fully saturated rings. The number of rotatable bonds is 6. The van der Waals surface area contributed by atoms with Gasteiger partial charge in [0.1, 0.15) is 0 Å². The van der Waals surface area contributed by atoms with Gasteiger partial charge in [-0.2, -0.15) is 0 Å². The monoisotopic (exact) mass is 222 g/mol. The molecule has 4 heteroatoms. The molecular weight excluding hydrogens is 200 g/mol. The van der Waals surface area contributed by atoms with Crippen LogP contribution in [0.2, 0.25) is 0 Å². The topological polar surface area (TPSA) is 42.7 Å². The van der Waals surface area contributed by atoms with Crippen LogP contribution in [0.15, 0.2) is 6.20 Å². The predicted molar refractivity (Wildman–Crippen MR) is 64.1 cm³/mol. The van der Waals surface area contributed by atoms with E-state index in [1.807, 2.05) is 13.2 Å². The lowest BCUT2D eigenvalue weighted by molar-refractivity contribution is 0.259. The molecule has 16 heavy (non-hydrogen) atoms. The average molecular weight is 222 g/mol. The fraction of sp³-hybridized carbons (Fsp3) is 0.833.